The summed E-state index contributed by atoms with van der Waals surface area (Å²) in [4.78, 5) is 8.81. The van der Waals surface area contributed by atoms with Crippen molar-refractivity contribution in [1.29, 1.82) is 0 Å². The fourth-order valence-corrected chi connectivity index (χ4v) is 1.74. The molecule has 1 heterocycles. The summed E-state index contributed by atoms with van der Waals surface area (Å²) in [5.74, 6) is 1.25. The Labute approximate surface area is 90.7 Å². The maximum absolute atomic E-state index is 6.08. The minimum absolute atomic E-state index is 0.386. The van der Waals surface area contributed by atoms with E-state index < -0.39 is 0 Å². The summed E-state index contributed by atoms with van der Waals surface area (Å²) < 4.78 is 0. The third-order valence-electron chi connectivity index (χ3n) is 2.59. The average Bonchev–Trinajstić information content (AvgIpc) is 2.16. The standard InChI is InChI=1S/C11H17ClN2/c1-5-7(3)11-13-8(4)9(6-2)10(12)14-11/h7H,5-6H2,1-4H3. The van der Waals surface area contributed by atoms with Crippen molar-refractivity contribution in [2.45, 2.75) is 46.5 Å². The molecule has 0 saturated carbocycles. The van der Waals surface area contributed by atoms with Gasteiger partial charge in [-0.1, -0.05) is 32.4 Å². The molecule has 0 N–H and O–H groups in total. The lowest BCUT2D eigenvalue weighted by atomic mass is 10.1. The molecular formula is C11H17ClN2. The van der Waals surface area contributed by atoms with Crippen LogP contribution in [0.15, 0.2) is 0 Å². The van der Waals surface area contributed by atoms with Gasteiger partial charge < -0.3 is 0 Å². The van der Waals surface area contributed by atoms with E-state index in [0.717, 1.165) is 29.9 Å². The van der Waals surface area contributed by atoms with Gasteiger partial charge in [-0.25, -0.2) is 9.97 Å². The van der Waals surface area contributed by atoms with Gasteiger partial charge >= 0.3 is 0 Å². The van der Waals surface area contributed by atoms with Gasteiger partial charge in [0.05, 0.1) is 0 Å². The molecule has 1 atom stereocenters. The Morgan fingerprint density at radius 2 is 1.93 bits per heavy atom. The van der Waals surface area contributed by atoms with E-state index in [1.807, 2.05) is 6.92 Å². The van der Waals surface area contributed by atoms with Crippen LogP contribution < -0.4 is 0 Å². The Bertz CT molecular complexity index is 300. The van der Waals surface area contributed by atoms with E-state index in [0.29, 0.717) is 11.1 Å². The Morgan fingerprint density at radius 1 is 1.29 bits per heavy atom. The number of rotatable bonds is 3. The third kappa shape index (κ3) is 2.24. The zero-order chi connectivity index (χ0) is 10.7. The van der Waals surface area contributed by atoms with Crippen LogP contribution in [0.2, 0.25) is 5.15 Å². The summed E-state index contributed by atoms with van der Waals surface area (Å²) in [5, 5.41) is 0.621. The summed E-state index contributed by atoms with van der Waals surface area (Å²) in [6.45, 7) is 8.32. The number of nitrogens with zero attached hydrogens (tertiary/aromatic N) is 2. The Balaban J connectivity index is 3.13. The van der Waals surface area contributed by atoms with Gasteiger partial charge in [-0.05, 0) is 19.8 Å². The minimum atomic E-state index is 0.386. The molecule has 0 aliphatic carbocycles. The molecule has 0 aliphatic rings. The van der Waals surface area contributed by atoms with E-state index in [4.69, 9.17) is 11.6 Å². The van der Waals surface area contributed by atoms with Gasteiger partial charge in [-0.3, -0.25) is 0 Å². The first-order chi connectivity index (χ1) is 6.60. The van der Waals surface area contributed by atoms with Gasteiger partial charge in [0.15, 0.2) is 0 Å². The molecule has 3 heteroatoms. The van der Waals surface area contributed by atoms with Crippen LogP contribution in [0.5, 0.6) is 0 Å². The van der Waals surface area contributed by atoms with Crippen LogP contribution in [-0.4, -0.2) is 9.97 Å². The highest BCUT2D eigenvalue weighted by Gasteiger charge is 2.11. The predicted molar refractivity (Wildman–Crippen MR) is 59.9 cm³/mol. The monoisotopic (exact) mass is 212 g/mol. The quantitative estimate of drug-likeness (QED) is 0.717. The van der Waals surface area contributed by atoms with Crippen molar-refractivity contribution in [3.05, 3.63) is 22.2 Å². The lowest BCUT2D eigenvalue weighted by Gasteiger charge is -2.11. The molecule has 0 amide bonds. The van der Waals surface area contributed by atoms with Crippen LogP contribution in [0.1, 0.15) is 50.2 Å². The first kappa shape index (κ1) is 11.4. The van der Waals surface area contributed by atoms with Gasteiger partial charge in [-0.15, -0.1) is 0 Å². The Hall–Kier alpha value is -0.630. The summed E-state index contributed by atoms with van der Waals surface area (Å²) in [6, 6.07) is 0. The molecule has 0 saturated heterocycles. The SMILES string of the molecule is CCc1c(C)nc(C(C)CC)nc1Cl. The number of hydrogen-bond acceptors (Lipinski definition) is 2. The largest absolute Gasteiger partial charge is 0.238 e. The molecule has 0 aliphatic heterocycles. The highest BCUT2D eigenvalue weighted by molar-refractivity contribution is 6.30. The second kappa shape index (κ2) is 4.74. The average molecular weight is 213 g/mol. The molecule has 2 nitrogen and oxygen atoms in total. The van der Waals surface area contributed by atoms with Crippen molar-refractivity contribution in [1.82, 2.24) is 9.97 Å². The van der Waals surface area contributed by atoms with Crippen LogP contribution in [-0.2, 0) is 6.42 Å². The third-order valence-corrected chi connectivity index (χ3v) is 2.90. The lowest BCUT2D eigenvalue weighted by Crippen LogP contribution is -2.05. The maximum atomic E-state index is 6.08. The zero-order valence-electron chi connectivity index (χ0n) is 9.26. The number of hydrogen-bond donors (Lipinski definition) is 0. The summed E-state index contributed by atoms with van der Waals surface area (Å²) in [5.41, 5.74) is 2.08. The van der Waals surface area contributed by atoms with Crippen molar-refractivity contribution in [2.24, 2.45) is 0 Å². The van der Waals surface area contributed by atoms with E-state index in [1.54, 1.807) is 0 Å². The molecule has 0 bridgehead atoms. The molecular weight excluding hydrogens is 196 g/mol. The Kier molecular flexibility index (Phi) is 3.87. The van der Waals surface area contributed by atoms with E-state index >= 15 is 0 Å². The number of halogens is 1. The molecule has 0 aromatic carbocycles. The van der Waals surface area contributed by atoms with Gasteiger partial charge in [-0.2, -0.15) is 0 Å². The van der Waals surface area contributed by atoms with Crippen molar-refractivity contribution < 1.29 is 0 Å². The maximum Gasteiger partial charge on any atom is 0.136 e. The van der Waals surface area contributed by atoms with Crippen LogP contribution in [0, 0.1) is 6.92 Å². The first-order valence-corrected chi connectivity index (χ1v) is 5.50. The summed E-state index contributed by atoms with van der Waals surface area (Å²) in [6.07, 6.45) is 1.94. The summed E-state index contributed by atoms with van der Waals surface area (Å²) >= 11 is 6.08. The fraction of sp³-hybridized carbons (Fsp3) is 0.636. The van der Waals surface area contributed by atoms with Crippen LogP contribution in [0.25, 0.3) is 0 Å². The van der Waals surface area contributed by atoms with Gasteiger partial charge in [0.1, 0.15) is 11.0 Å². The smallest absolute Gasteiger partial charge is 0.136 e. The van der Waals surface area contributed by atoms with Crippen LogP contribution in [0.4, 0.5) is 0 Å². The van der Waals surface area contributed by atoms with E-state index in [2.05, 4.69) is 30.7 Å². The summed E-state index contributed by atoms with van der Waals surface area (Å²) in [7, 11) is 0. The molecule has 1 rings (SSSR count). The predicted octanol–water partition coefficient (Wildman–Crippen LogP) is 3.51. The van der Waals surface area contributed by atoms with Crippen molar-refractivity contribution in [2.75, 3.05) is 0 Å². The second-order valence-electron chi connectivity index (χ2n) is 3.60. The highest BCUT2D eigenvalue weighted by Crippen LogP contribution is 2.21. The van der Waals surface area contributed by atoms with E-state index in [1.165, 1.54) is 0 Å². The molecule has 78 valence electrons. The van der Waals surface area contributed by atoms with Crippen LogP contribution in [0.3, 0.4) is 0 Å². The van der Waals surface area contributed by atoms with E-state index in [9.17, 15) is 0 Å². The molecule has 1 aromatic heterocycles. The van der Waals surface area contributed by atoms with Crippen molar-refractivity contribution in [3.8, 4) is 0 Å². The molecule has 1 unspecified atom stereocenters. The number of aromatic nitrogens is 2. The minimum Gasteiger partial charge on any atom is -0.238 e. The molecule has 1 aromatic rings. The second-order valence-corrected chi connectivity index (χ2v) is 3.96. The van der Waals surface area contributed by atoms with Crippen molar-refractivity contribution in [3.63, 3.8) is 0 Å². The highest BCUT2D eigenvalue weighted by atomic mass is 35.5. The molecule has 0 radical (unpaired) electrons. The normalized spacial score (nSPS) is 12.9. The fourth-order valence-electron chi connectivity index (χ4n) is 1.39. The first-order valence-electron chi connectivity index (χ1n) is 5.13. The topological polar surface area (TPSA) is 25.8 Å². The molecule has 14 heavy (non-hydrogen) atoms. The van der Waals surface area contributed by atoms with Gasteiger partial charge in [0.25, 0.3) is 0 Å². The van der Waals surface area contributed by atoms with Crippen LogP contribution >= 0.6 is 11.6 Å². The van der Waals surface area contributed by atoms with E-state index in [-0.39, 0.29) is 0 Å². The Morgan fingerprint density at radius 3 is 2.36 bits per heavy atom. The van der Waals surface area contributed by atoms with Crippen molar-refractivity contribution >= 4 is 11.6 Å². The lowest BCUT2D eigenvalue weighted by molar-refractivity contribution is 0.671. The zero-order valence-corrected chi connectivity index (χ0v) is 10.0. The number of aryl methyl sites for hydroxylation is 1. The molecule has 0 fully saturated rings. The van der Waals surface area contributed by atoms with Gasteiger partial charge in [0.2, 0.25) is 0 Å². The van der Waals surface area contributed by atoms with Gasteiger partial charge in [0, 0.05) is 17.2 Å². The molecule has 0 spiro atoms.